The lowest BCUT2D eigenvalue weighted by atomic mass is 9.87. The third-order valence-corrected chi connectivity index (χ3v) is 4.99. The molecule has 3 rings (SSSR count). The Morgan fingerprint density at radius 3 is 2.12 bits per heavy atom. The number of amidine groups is 1. The SMILES string of the molecule is C/C(O)=C(\C(=O)OC(C)C)C1=NC(=NC(=O)c2ccc(C(C)(C)C)cc2)c2ccccc21. The number of aliphatic hydroxyl groups excluding tert-OH is 1. The van der Waals surface area contributed by atoms with Gasteiger partial charge in [-0.3, -0.25) is 4.79 Å². The lowest BCUT2D eigenvalue weighted by Gasteiger charge is -2.18. The summed E-state index contributed by atoms with van der Waals surface area (Å²) in [5.74, 6) is -1.14. The molecular weight excluding hydrogens is 404 g/mol. The fourth-order valence-corrected chi connectivity index (χ4v) is 3.35. The van der Waals surface area contributed by atoms with Crippen LogP contribution >= 0.6 is 0 Å². The van der Waals surface area contributed by atoms with Gasteiger partial charge in [-0.1, -0.05) is 57.2 Å². The molecule has 0 radical (unpaired) electrons. The Kier molecular flexibility index (Phi) is 6.44. The van der Waals surface area contributed by atoms with Crippen molar-refractivity contribution >= 4 is 23.4 Å². The summed E-state index contributed by atoms with van der Waals surface area (Å²) in [7, 11) is 0. The van der Waals surface area contributed by atoms with Crippen molar-refractivity contribution in [2.24, 2.45) is 9.98 Å². The molecule has 0 bridgehead atoms. The van der Waals surface area contributed by atoms with E-state index in [1.54, 1.807) is 50.2 Å². The number of esters is 1. The second kappa shape index (κ2) is 8.91. The van der Waals surface area contributed by atoms with Gasteiger partial charge in [-0.05, 0) is 43.9 Å². The van der Waals surface area contributed by atoms with Gasteiger partial charge in [0.05, 0.1) is 11.8 Å². The highest BCUT2D eigenvalue weighted by Crippen LogP contribution is 2.27. The van der Waals surface area contributed by atoms with E-state index < -0.39 is 11.9 Å². The molecule has 1 heterocycles. The number of hydrogen-bond donors (Lipinski definition) is 1. The molecule has 0 atom stereocenters. The Morgan fingerprint density at radius 1 is 1.00 bits per heavy atom. The van der Waals surface area contributed by atoms with Gasteiger partial charge in [0.25, 0.3) is 5.91 Å². The average molecular weight is 433 g/mol. The fourth-order valence-electron chi connectivity index (χ4n) is 3.35. The largest absolute Gasteiger partial charge is 0.512 e. The van der Waals surface area contributed by atoms with Crippen molar-refractivity contribution in [2.45, 2.75) is 53.1 Å². The fraction of sp³-hybridized carbons (Fsp3) is 0.308. The molecule has 1 N–H and O–H groups in total. The highest BCUT2D eigenvalue weighted by Gasteiger charge is 2.31. The van der Waals surface area contributed by atoms with Crippen LogP contribution in [0.3, 0.4) is 0 Å². The lowest BCUT2D eigenvalue weighted by Crippen LogP contribution is -2.21. The summed E-state index contributed by atoms with van der Waals surface area (Å²) in [6.07, 6.45) is -0.361. The van der Waals surface area contributed by atoms with Crippen LogP contribution in [-0.2, 0) is 14.9 Å². The summed E-state index contributed by atoms with van der Waals surface area (Å²) in [5, 5.41) is 10.2. The number of fused-ring (bicyclic) bond motifs is 1. The molecule has 0 fully saturated rings. The third-order valence-electron chi connectivity index (χ3n) is 4.99. The molecule has 2 aromatic carbocycles. The van der Waals surface area contributed by atoms with Crippen LogP contribution in [0.4, 0.5) is 0 Å². The first kappa shape index (κ1) is 23.1. The maximum atomic E-state index is 12.9. The van der Waals surface area contributed by atoms with Gasteiger partial charge in [-0.2, -0.15) is 4.99 Å². The summed E-state index contributed by atoms with van der Waals surface area (Å²) >= 11 is 0. The summed E-state index contributed by atoms with van der Waals surface area (Å²) in [6, 6.07) is 14.5. The van der Waals surface area contributed by atoms with E-state index in [2.05, 4.69) is 30.8 Å². The Hall–Kier alpha value is -3.54. The van der Waals surface area contributed by atoms with Gasteiger partial charge in [0.1, 0.15) is 11.3 Å². The molecule has 1 amide bonds. The molecule has 2 aromatic rings. The summed E-state index contributed by atoms with van der Waals surface area (Å²) in [4.78, 5) is 34.2. The first-order valence-corrected chi connectivity index (χ1v) is 10.5. The van der Waals surface area contributed by atoms with E-state index in [0.29, 0.717) is 16.7 Å². The monoisotopic (exact) mass is 432 g/mol. The quantitative estimate of drug-likeness (QED) is 0.411. The molecule has 0 unspecified atom stereocenters. The van der Waals surface area contributed by atoms with Crippen molar-refractivity contribution in [2.75, 3.05) is 0 Å². The minimum absolute atomic E-state index is 0.0213. The number of nitrogens with zero attached hydrogens (tertiary/aromatic N) is 2. The van der Waals surface area contributed by atoms with Crippen LogP contribution < -0.4 is 0 Å². The number of carbonyl (C=O) groups is 2. The van der Waals surface area contributed by atoms with Crippen LogP contribution in [0, 0.1) is 0 Å². The number of rotatable bonds is 4. The molecule has 0 aromatic heterocycles. The van der Waals surface area contributed by atoms with Gasteiger partial charge >= 0.3 is 5.97 Å². The van der Waals surface area contributed by atoms with E-state index in [9.17, 15) is 14.7 Å². The van der Waals surface area contributed by atoms with Gasteiger partial charge in [0.2, 0.25) is 0 Å². The van der Waals surface area contributed by atoms with E-state index in [1.807, 2.05) is 12.1 Å². The first-order chi connectivity index (χ1) is 15.0. The molecule has 1 aliphatic heterocycles. The predicted octanol–water partition coefficient (Wildman–Crippen LogP) is 5.16. The Balaban J connectivity index is 2.03. The van der Waals surface area contributed by atoms with Crippen molar-refractivity contribution in [1.82, 2.24) is 0 Å². The molecule has 0 aliphatic carbocycles. The normalized spacial score (nSPS) is 15.3. The number of carbonyl (C=O) groups excluding carboxylic acids is 2. The number of amides is 1. The van der Waals surface area contributed by atoms with Gasteiger partial charge in [-0.15, -0.1) is 0 Å². The van der Waals surface area contributed by atoms with E-state index in [4.69, 9.17) is 4.74 Å². The van der Waals surface area contributed by atoms with Crippen LogP contribution in [0.25, 0.3) is 0 Å². The number of benzene rings is 2. The average Bonchev–Trinajstić information content (AvgIpc) is 3.05. The van der Waals surface area contributed by atoms with Crippen molar-refractivity contribution in [3.8, 4) is 0 Å². The lowest BCUT2D eigenvalue weighted by molar-refractivity contribution is -0.142. The zero-order valence-electron chi connectivity index (χ0n) is 19.3. The van der Waals surface area contributed by atoms with Gasteiger partial charge in [0.15, 0.2) is 5.84 Å². The zero-order chi connectivity index (χ0) is 23.6. The van der Waals surface area contributed by atoms with Crippen LogP contribution in [0.5, 0.6) is 0 Å². The van der Waals surface area contributed by atoms with Gasteiger partial charge in [0, 0.05) is 16.7 Å². The predicted molar refractivity (Wildman–Crippen MR) is 126 cm³/mol. The van der Waals surface area contributed by atoms with E-state index in [-0.39, 0.29) is 34.4 Å². The molecule has 6 heteroatoms. The Bertz CT molecular complexity index is 1140. The molecule has 0 saturated heterocycles. The van der Waals surface area contributed by atoms with Crippen LogP contribution in [0.2, 0.25) is 0 Å². The number of allylic oxidation sites excluding steroid dienone is 1. The summed E-state index contributed by atoms with van der Waals surface area (Å²) < 4.78 is 5.28. The maximum absolute atomic E-state index is 12.9. The Labute approximate surface area is 188 Å². The van der Waals surface area contributed by atoms with E-state index in [0.717, 1.165) is 5.56 Å². The van der Waals surface area contributed by atoms with Gasteiger partial charge < -0.3 is 9.84 Å². The molecule has 0 saturated carbocycles. The molecule has 6 nitrogen and oxygen atoms in total. The minimum atomic E-state index is -0.682. The topological polar surface area (TPSA) is 88.3 Å². The molecular formula is C26H28N2O4. The summed E-state index contributed by atoms with van der Waals surface area (Å²) in [5.41, 5.74) is 2.95. The number of aliphatic hydroxyl groups is 1. The Morgan fingerprint density at radius 2 is 1.59 bits per heavy atom. The number of aliphatic imine (C=N–C) groups is 2. The molecule has 32 heavy (non-hydrogen) atoms. The van der Waals surface area contributed by atoms with E-state index in [1.165, 1.54) is 6.92 Å². The minimum Gasteiger partial charge on any atom is -0.512 e. The van der Waals surface area contributed by atoms with Crippen molar-refractivity contribution in [3.63, 3.8) is 0 Å². The molecule has 166 valence electrons. The second-order valence-corrected chi connectivity index (χ2v) is 8.99. The van der Waals surface area contributed by atoms with Crippen molar-refractivity contribution in [3.05, 3.63) is 82.1 Å². The van der Waals surface area contributed by atoms with E-state index >= 15 is 0 Å². The number of ether oxygens (including phenoxy) is 1. The molecule has 1 aliphatic rings. The summed E-state index contributed by atoms with van der Waals surface area (Å²) in [6.45, 7) is 11.2. The smallest absolute Gasteiger partial charge is 0.344 e. The standard InChI is InChI=1S/C26H28N2O4/c1-15(2)32-25(31)21(16(3)29)22-19-9-7-8-10-20(19)23(27-22)28-24(30)17-11-13-18(14-12-17)26(4,5)6/h7-15,29H,1-6H3/b21-16+,28-23?. The zero-order valence-corrected chi connectivity index (χ0v) is 19.3. The highest BCUT2D eigenvalue weighted by atomic mass is 16.5. The first-order valence-electron chi connectivity index (χ1n) is 10.5. The van der Waals surface area contributed by atoms with Gasteiger partial charge in [-0.25, -0.2) is 9.79 Å². The van der Waals surface area contributed by atoms with Crippen LogP contribution in [0.15, 0.2) is 69.8 Å². The second-order valence-electron chi connectivity index (χ2n) is 8.99. The van der Waals surface area contributed by atoms with Crippen molar-refractivity contribution in [1.29, 1.82) is 0 Å². The molecule has 0 spiro atoms. The van der Waals surface area contributed by atoms with Crippen molar-refractivity contribution < 1.29 is 19.4 Å². The van der Waals surface area contributed by atoms with Crippen LogP contribution in [0.1, 0.15) is 68.6 Å². The third kappa shape index (κ3) is 4.85. The highest BCUT2D eigenvalue weighted by molar-refractivity contribution is 6.36. The number of hydrogen-bond acceptors (Lipinski definition) is 4. The van der Waals surface area contributed by atoms with Crippen LogP contribution in [-0.4, -0.2) is 34.6 Å². The maximum Gasteiger partial charge on any atom is 0.344 e.